The van der Waals surface area contributed by atoms with Crippen LogP contribution in [0.25, 0.3) is 10.2 Å². The number of aromatic nitrogens is 1. The summed E-state index contributed by atoms with van der Waals surface area (Å²) in [5.41, 5.74) is 5.50. The number of rotatable bonds is 3. The first-order valence-electron chi connectivity index (χ1n) is 6.63. The Morgan fingerprint density at radius 3 is 2.67 bits per heavy atom. The number of hydrogen-bond donors (Lipinski definition) is 1. The monoisotopic (exact) mass is 361 g/mol. The molecule has 0 radical (unpaired) electrons. The van der Waals surface area contributed by atoms with Crippen LogP contribution in [0.15, 0.2) is 23.0 Å². The molecule has 2 heterocycles. The third-order valence-corrected chi connectivity index (χ3v) is 4.37. The van der Waals surface area contributed by atoms with Gasteiger partial charge in [0.2, 0.25) is 0 Å². The maximum atomic E-state index is 12.6. The largest absolute Gasteiger partial charge is 0.434 e. The normalized spacial score (nSPS) is 18.2. The maximum absolute atomic E-state index is 12.6. The van der Waals surface area contributed by atoms with Crippen LogP contribution in [0.5, 0.6) is 0 Å². The van der Waals surface area contributed by atoms with Gasteiger partial charge in [0.15, 0.2) is 6.10 Å². The van der Waals surface area contributed by atoms with Crippen LogP contribution in [-0.2, 0) is 16.1 Å². The van der Waals surface area contributed by atoms with E-state index in [1.54, 1.807) is 0 Å². The molecule has 1 unspecified atom stereocenters. The number of carbonyl (C=O) groups is 2. The lowest BCUT2D eigenvalue weighted by atomic mass is 10.2. The molecule has 1 aromatic heterocycles. The van der Waals surface area contributed by atoms with E-state index in [1.807, 2.05) is 0 Å². The summed E-state index contributed by atoms with van der Waals surface area (Å²) in [6, 6.07) is 4.10. The van der Waals surface area contributed by atoms with Crippen molar-refractivity contribution in [3.8, 4) is 0 Å². The minimum absolute atomic E-state index is 0.0994. The standard InChI is InChI=1S/C13H10F3N3O4S/c14-13(15,16)5-19-7-2-1-6(3-9(7)24-12(19)22)18-4-8(10(17)20)23-11(18)21/h1-3,8H,4-5H2,(H2,17,20). The number of anilines is 1. The first kappa shape index (κ1) is 16.3. The lowest BCUT2D eigenvalue weighted by Gasteiger charge is -2.13. The summed E-state index contributed by atoms with van der Waals surface area (Å²) in [5, 5.41) is 0. The molecule has 2 aromatic rings. The average Bonchev–Trinajstić information content (AvgIpc) is 2.98. The highest BCUT2D eigenvalue weighted by Crippen LogP contribution is 2.29. The summed E-state index contributed by atoms with van der Waals surface area (Å²) < 4.78 is 43.4. The number of alkyl halides is 3. The first-order chi connectivity index (χ1) is 11.2. The van der Waals surface area contributed by atoms with Crippen LogP contribution < -0.4 is 15.5 Å². The first-order valence-corrected chi connectivity index (χ1v) is 7.45. The smallest absolute Gasteiger partial charge is 0.415 e. The molecule has 1 fully saturated rings. The molecule has 0 bridgehead atoms. The van der Waals surface area contributed by atoms with Crippen molar-refractivity contribution in [1.29, 1.82) is 0 Å². The van der Waals surface area contributed by atoms with E-state index >= 15 is 0 Å². The molecule has 11 heteroatoms. The van der Waals surface area contributed by atoms with Gasteiger partial charge in [-0.25, -0.2) is 4.79 Å². The molecule has 1 aliphatic heterocycles. The van der Waals surface area contributed by atoms with Gasteiger partial charge in [-0.2, -0.15) is 13.2 Å². The highest BCUT2D eigenvalue weighted by atomic mass is 32.1. The lowest BCUT2D eigenvalue weighted by molar-refractivity contribution is -0.140. The summed E-state index contributed by atoms with van der Waals surface area (Å²) in [7, 11) is 0. The Labute approximate surface area is 136 Å². The van der Waals surface area contributed by atoms with Gasteiger partial charge in [0, 0.05) is 5.69 Å². The predicted molar refractivity (Wildman–Crippen MR) is 78.9 cm³/mol. The molecule has 0 saturated carbocycles. The van der Waals surface area contributed by atoms with Crippen molar-refractivity contribution in [3.05, 3.63) is 27.9 Å². The number of thiazole rings is 1. The Balaban J connectivity index is 1.97. The van der Waals surface area contributed by atoms with Crippen molar-refractivity contribution in [1.82, 2.24) is 4.57 Å². The number of primary amides is 1. The van der Waals surface area contributed by atoms with E-state index in [1.165, 1.54) is 18.2 Å². The summed E-state index contributed by atoms with van der Waals surface area (Å²) in [6.45, 7) is -1.49. The number of hydrogen-bond acceptors (Lipinski definition) is 5. The molecule has 0 spiro atoms. The number of nitrogens with two attached hydrogens (primary N) is 1. The lowest BCUT2D eigenvalue weighted by Crippen LogP contribution is -2.32. The molecular formula is C13H10F3N3O4S. The molecule has 1 atom stereocenters. The van der Waals surface area contributed by atoms with Gasteiger partial charge in [0.05, 0.1) is 16.8 Å². The molecule has 1 aliphatic rings. The van der Waals surface area contributed by atoms with Crippen LogP contribution in [0.1, 0.15) is 0 Å². The molecule has 1 saturated heterocycles. The van der Waals surface area contributed by atoms with Crippen molar-refractivity contribution < 1.29 is 27.5 Å². The Morgan fingerprint density at radius 1 is 1.38 bits per heavy atom. The Kier molecular flexibility index (Phi) is 3.74. The summed E-state index contributed by atoms with van der Waals surface area (Å²) in [5.74, 6) is -0.798. The summed E-state index contributed by atoms with van der Waals surface area (Å²) in [6.07, 6.45) is -6.41. The highest BCUT2D eigenvalue weighted by Gasteiger charge is 2.36. The van der Waals surface area contributed by atoms with E-state index < -0.39 is 35.7 Å². The quantitative estimate of drug-likeness (QED) is 0.895. The number of ether oxygens (including phenoxy) is 1. The van der Waals surface area contributed by atoms with Gasteiger partial charge < -0.3 is 10.5 Å². The molecular weight excluding hydrogens is 351 g/mol. The van der Waals surface area contributed by atoms with E-state index in [9.17, 15) is 27.6 Å². The Bertz CT molecular complexity index is 889. The zero-order chi connectivity index (χ0) is 17.6. The van der Waals surface area contributed by atoms with Gasteiger partial charge in [-0.1, -0.05) is 11.3 Å². The van der Waals surface area contributed by atoms with Gasteiger partial charge in [-0.3, -0.25) is 19.1 Å². The number of fused-ring (bicyclic) bond motifs is 1. The SMILES string of the molecule is NC(=O)C1CN(c2ccc3c(c2)sc(=O)n3CC(F)(F)F)C(=O)O1. The number of carbonyl (C=O) groups excluding carboxylic acids is 2. The third-order valence-electron chi connectivity index (χ3n) is 3.43. The van der Waals surface area contributed by atoms with E-state index in [-0.39, 0.29) is 16.8 Å². The summed E-state index contributed by atoms with van der Waals surface area (Å²) >= 11 is 0.638. The van der Waals surface area contributed by atoms with Gasteiger partial charge in [0.25, 0.3) is 5.91 Å². The molecule has 1 aromatic carbocycles. The Hall–Kier alpha value is -2.56. The molecule has 128 valence electrons. The fraction of sp³-hybridized carbons (Fsp3) is 0.308. The molecule has 3 rings (SSSR count). The molecule has 7 nitrogen and oxygen atoms in total. The Morgan fingerprint density at radius 2 is 2.08 bits per heavy atom. The zero-order valence-corrected chi connectivity index (χ0v) is 12.7. The second-order valence-corrected chi connectivity index (χ2v) is 6.10. The molecule has 2 amide bonds. The van der Waals surface area contributed by atoms with E-state index in [0.29, 0.717) is 21.6 Å². The second kappa shape index (κ2) is 5.51. The number of cyclic esters (lactones) is 1. The van der Waals surface area contributed by atoms with Crippen molar-refractivity contribution in [2.45, 2.75) is 18.8 Å². The molecule has 24 heavy (non-hydrogen) atoms. The fourth-order valence-electron chi connectivity index (χ4n) is 2.37. The third kappa shape index (κ3) is 2.94. The minimum Gasteiger partial charge on any atom is -0.434 e. The van der Waals surface area contributed by atoms with Gasteiger partial charge in [-0.15, -0.1) is 0 Å². The average molecular weight is 361 g/mol. The van der Waals surface area contributed by atoms with Crippen LogP contribution in [0.3, 0.4) is 0 Å². The van der Waals surface area contributed by atoms with Crippen LogP contribution in [-0.4, -0.2) is 35.4 Å². The maximum Gasteiger partial charge on any atom is 0.415 e. The van der Waals surface area contributed by atoms with Crippen LogP contribution in [0, 0.1) is 0 Å². The number of benzene rings is 1. The minimum atomic E-state index is -4.52. The number of halogens is 3. The predicted octanol–water partition coefficient (Wildman–Crippen LogP) is 1.44. The fourth-order valence-corrected chi connectivity index (χ4v) is 3.30. The summed E-state index contributed by atoms with van der Waals surface area (Å²) in [4.78, 5) is 35.0. The van der Waals surface area contributed by atoms with Crippen molar-refractivity contribution >= 4 is 39.2 Å². The van der Waals surface area contributed by atoms with Crippen LogP contribution >= 0.6 is 11.3 Å². The van der Waals surface area contributed by atoms with E-state index in [2.05, 4.69) is 0 Å². The van der Waals surface area contributed by atoms with Crippen molar-refractivity contribution in [2.75, 3.05) is 11.4 Å². The number of nitrogens with zero attached hydrogens (tertiary/aromatic N) is 2. The molecule has 2 N–H and O–H groups in total. The molecule has 0 aliphatic carbocycles. The van der Waals surface area contributed by atoms with E-state index in [4.69, 9.17) is 10.5 Å². The topological polar surface area (TPSA) is 94.6 Å². The van der Waals surface area contributed by atoms with Crippen molar-refractivity contribution in [2.24, 2.45) is 5.73 Å². The van der Waals surface area contributed by atoms with Gasteiger partial charge >= 0.3 is 17.1 Å². The van der Waals surface area contributed by atoms with Gasteiger partial charge in [0.1, 0.15) is 6.54 Å². The second-order valence-electron chi connectivity index (χ2n) is 5.11. The number of amides is 2. The van der Waals surface area contributed by atoms with Crippen molar-refractivity contribution in [3.63, 3.8) is 0 Å². The van der Waals surface area contributed by atoms with Gasteiger partial charge in [-0.05, 0) is 18.2 Å². The van der Waals surface area contributed by atoms with Crippen LogP contribution in [0.2, 0.25) is 0 Å². The van der Waals surface area contributed by atoms with E-state index in [0.717, 1.165) is 4.90 Å². The zero-order valence-electron chi connectivity index (χ0n) is 11.9. The van der Waals surface area contributed by atoms with Crippen LogP contribution in [0.4, 0.5) is 23.7 Å². The highest BCUT2D eigenvalue weighted by molar-refractivity contribution is 7.16.